The summed E-state index contributed by atoms with van der Waals surface area (Å²) in [5, 5.41) is 3.08. The van der Waals surface area contributed by atoms with Crippen molar-refractivity contribution in [2.24, 2.45) is 0 Å². The largest absolute Gasteiger partial charge is 0.418 e. The van der Waals surface area contributed by atoms with Crippen LogP contribution in [0.3, 0.4) is 0 Å². The minimum atomic E-state index is -4.42. The van der Waals surface area contributed by atoms with E-state index in [-0.39, 0.29) is 11.7 Å². The normalized spacial score (nSPS) is 17.7. The number of hydrogen-bond donors (Lipinski definition) is 2. The number of alkyl halides is 3. The predicted octanol–water partition coefficient (Wildman–Crippen LogP) is 2.88. The van der Waals surface area contributed by atoms with E-state index in [1.165, 1.54) is 6.07 Å². The van der Waals surface area contributed by atoms with Crippen LogP contribution in [0.2, 0.25) is 0 Å². The molecule has 100 valence electrons. The number of nitrogens with two attached hydrogens (primary N) is 1. The van der Waals surface area contributed by atoms with E-state index in [0.717, 1.165) is 18.9 Å². The molecule has 1 aromatic rings. The Bertz CT molecular complexity index is 414. The zero-order chi connectivity index (χ0) is 13.2. The Morgan fingerprint density at radius 3 is 2.50 bits per heavy atom. The molecule has 0 spiro atoms. The fourth-order valence-electron chi connectivity index (χ4n) is 1.97. The van der Waals surface area contributed by atoms with Gasteiger partial charge in [0.25, 0.3) is 0 Å². The molecule has 0 saturated carbocycles. The molecule has 0 unspecified atom stereocenters. The Balaban J connectivity index is 2.14. The van der Waals surface area contributed by atoms with Crippen LogP contribution in [0.25, 0.3) is 0 Å². The molecule has 6 heteroatoms. The second kappa shape index (κ2) is 5.06. The summed E-state index contributed by atoms with van der Waals surface area (Å²) in [4.78, 5) is 0. The second-order valence-corrected chi connectivity index (χ2v) is 4.33. The van der Waals surface area contributed by atoms with Gasteiger partial charge in [-0.1, -0.05) is 0 Å². The lowest BCUT2D eigenvalue weighted by molar-refractivity contribution is -0.136. The molecule has 1 fully saturated rings. The molecule has 1 aliphatic heterocycles. The van der Waals surface area contributed by atoms with Crippen molar-refractivity contribution in [3.05, 3.63) is 23.8 Å². The molecule has 1 aliphatic rings. The van der Waals surface area contributed by atoms with Crippen molar-refractivity contribution in [3.8, 4) is 0 Å². The molecular weight excluding hydrogens is 245 g/mol. The fraction of sp³-hybridized carbons (Fsp3) is 0.500. The maximum Gasteiger partial charge on any atom is 0.418 e. The molecule has 3 nitrogen and oxygen atoms in total. The number of halogens is 3. The summed E-state index contributed by atoms with van der Waals surface area (Å²) in [6, 6.07) is 4.07. The standard InChI is InChI=1S/C12H15F3N2O/c13-12(14,15)10-7-9(1-2-11(10)16)17-8-3-5-18-6-4-8/h1-2,7-8,17H,3-6,16H2. The van der Waals surface area contributed by atoms with E-state index in [1.807, 2.05) is 0 Å². The highest BCUT2D eigenvalue weighted by molar-refractivity contribution is 5.58. The van der Waals surface area contributed by atoms with Gasteiger partial charge in [-0.05, 0) is 31.0 Å². The summed E-state index contributed by atoms with van der Waals surface area (Å²) < 4.78 is 43.2. The van der Waals surface area contributed by atoms with E-state index < -0.39 is 11.7 Å². The van der Waals surface area contributed by atoms with Crippen molar-refractivity contribution in [1.82, 2.24) is 0 Å². The summed E-state index contributed by atoms with van der Waals surface area (Å²) in [6.45, 7) is 1.28. The lowest BCUT2D eigenvalue weighted by atomic mass is 10.1. The van der Waals surface area contributed by atoms with Crippen LogP contribution >= 0.6 is 0 Å². The minimum absolute atomic E-state index is 0.156. The van der Waals surface area contributed by atoms with Gasteiger partial charge < -0.3 is 15.8 Å². The molecular formula is C12H15F3N2O. The molecule has 2 rings (SSSR count). The SMILES string of the molecule is Nc1ccc(NC2CCOCC2)cc1C(F)(F)F. The Kier molecular flexibility index (Phi) is 3.65. The zero-order valence-corrected chi connectivity index (χ0v) is 9.76. The van der Waals surface area contributed by atoms with Crippen molar-refractivity contribution >= 4 is 11.4 Å². The van der Waals surface area contributed by atoms with Gasteiger partial charge in [-0.3, -0.25) is 0 Å². The topological polar surface area (TPSA) is 47.3 Å². The van der Waals surface area contributed by atoms with Crippen molar-refractivity contribution in [1.29, 1.82) is 0 Å². The molecule has 0 aliphatic carbocycles. The van der Waals surface area contributed by atoms with Gasteiger partial charge in [0.1, 0.15) is 0 Å². The first-order chi connectivity index (χ1) is 8.47. The van der Waals surface area contributed by atoms with Crippen LogP contribution in [-0.2, 0) is 10.9 Å². The van der Waals surface area contributed by atoms with Gasteiger partial charge in [-0.2, -0.15) is 13.2 Å². The lowest BCUT2D eigenvalue weighted by Crippen LogP contribution is -2.28. The van der Waals surface area contributed by atoms with Crippen LogP contribution < -0.4 is 11.1 Å². The number of rotatable bonds is 2. The molecule has 18 heavy (non-hydrogen) atoms. The third-order valence-corrected chi connectivity index (χ3v) is 2.95. The van der Waals surface area contributed by atoms with Crippen LogP contribution in [-0.4, -0.2) is 19.3 Å². The highest BCUT2D eigenvalue weighted by Gasteiger charge is 2.33. The van der Waals surface area contributed by atoms with E-state index in [1.54, 1.807) is 6.07 Å². The summed E-state index contributed by atoms with van der Waals surface area (Å²) in [5.41, 5.74) is 4.75. The van der Waals surface area contributed by atoms with Gasteiger partial charge in [-0.25, -0.2) is 0 Å². The van der Waals surface area contributed by atoms with Crippen LogP contribution in [0.5, 0.6) is 0 Å². The Hall–Kier alpha value is -1.43. The molecule has 0 aromatic heterocycles. The molecule has 1 heterocycles. The number of anilines is 2. The van der Waals surface area contributed by atoms with Gasteiger partial charge in [0, 0.05) is 30.6 Å². The van der Waals surface area contributed by atoms with Gasteiger partial charge in [0.2, 0.25) is 0 Å². The molecule has 0 bridgehead atoms. The highest BCUT2D eigenvalue weighted by atomic mass is 19.4. The molecule has 3 N–H and O–H groups in total. The second-order valence-electron chi connectivity index (χ2n) is 4.33. The average molecular weight is 260 g/mol. The smallest absolute Gasteiger partial charge is 0.398 e. The highest BCUT2D eigenvalue weighted by Crippen LogP contribution is 2.35. The number of nitrogen functional groups attached to an aromatic ring is 1. The molecule has 1 saturated heterocycles. The summed E-state index contributed by atoms with van der Waals surface area (Å²) >= 11 is 0. The number of benzene rings is 1. The van der Waals surface area contributed by atoms with Gasteiger partial charge in [0.15, 0.2) is 0 Å². The van der Waals surface area contributed by atoms with E-state index in [4.69, 9.17) is 10.5 Å². The first kappa shape index (κ1) is 13.0. The predicted molar refractivity (Wildman–Crippen MR) is 63.3 cm³/mol. The summed E-state index contributed by atoms with van der Waals surface area (Å²) in [6.07, 6.45) is -2.82. The quantitative estimate of drug-likeness (QED) is 0.804. The molecule has 0 radical (unpaired) electrons. The lowest BCUT2D eigenvalue weighted by Gasteiger charge is -2.24. The Labute approximate surface area is 103 Å². The molecule has 0 atom stereocenters. The van der Waals surface area contributed by atoms with Crippen LogP contribution in [0.15, 0.2) is 18.2 Å². The monoisotopic (exact) mass is 260 g/mol. The number of hydrogen-bond acceptors (Lipinski definition) is 3. The first-order valence-corrected chi connectivity index (χ1v) is 5.78. The van der Waals surface area contributed by atoms with Crippen LogP contribution in [0.1, 0.15) is 18.4 Å². The number of ether oxygens (including phenoxy) is 1. The summed E-state index contributed by atoms with van der Waals surface area (Å²) in [5.74, 6) is 0. The van der Waals surface area contributed by atoms with E-state index in [2.05, 4.69) is 5.32 Å². The summed E-state index contributed by atoms with van der Waals surface area (Å²) in [7, 11) is 0. The zero-order valence-electron chi connectivity index (χ0n) is 9.76. The van der Waals surface area contributed by atoms with Gasteiger partial charge in [-0.15, -0.1) is 0 Å². The van der Waals surface area contributed by atoms with Crippen molar-refractivity contribution < 1.29 is 17.9 Å². The molecule has 1 aromatic carbocycles. The fourth-order valence-corrected chi connectivity index (χ4v) is 1.97. The Morgan fingerprint density at radius 2 is 1.89 bits per heavy atom. The van der Waals surface area contributed by atoms with Crippen LogP contribution in [0.4, 0.5) is 24.5 Å². The molecule has 0 amide bonds. The van der Waals surface area contributed by atoms with Gasteiger partial charge in [0.05, 0.1) is 5.56 Å². The Morgan fingerprint density at radius 1 is 1.22 bits per heavy atom. The van der Waals surface area contributed by atoms with E-state index >= 15 is 0 Å². The van der Waals surface area contributed by atoms with Crippen LogP contribution in [0, 0.1) is 0 Å². The maximum absolute atomic E-state index is 12.7. The first-order valence-electron chi connectivity index (χ1n) is 5.78. The van der Waals surface area contributed by atoms with E-state index in [0.29, 0.717) is 18.9 Å². The minimum Gasteiger partial charge on any atom is -0.398 e. The maximum atomic E-state index is 12.7. The van der Waals surface area contributed by atoms with Crippen molar-refractivity contribution in [2.45, 2.75) is 25.1 Å². The number of nitrogens with one attached hydrogen (secondary N) is 1. The third-order valence-electron chi connectivity index (χ3n) is 2.95. The average Bonchev–Trinajstić information content (AvgIpc) is 2.31. The van der Waals surface area contributed by atoms with E-state index in [9.17, 15) is 13.2 Å². The van der Waals surface area contributed by atoms with Crippen molar-refractivity contribution in [2.75, 3.05) is 24.3 Å². The van der Waals surface area contributed by atoms with Crippen molar-refractivity contribution in [3.63, 3.8) is 0 Å². The third kappa shape index (κ3) is 3.07. The van der Waals surface area contributed by atoms with Gasteiger partial charge >= 0.3 is 6.18 Å².